The number of hydrogen-bond donors (Lipinski definition) is 1. The predicted octanol–water partition coefficient (Wildman–Crippen LogP) is 2.07. The number of carbonyl (C=O) groups is 1. The van der Waals surface area contributed by atoms with Gasteiger partial charge in [0.2, 0.25) is 0 Å². The highest BCUT2D eigenvalue weighted by Gasteiger charge is 2.32. The average molecular weight is 297 g/mol. The van der Waals surface area contributed by atoms with Crippen LogP contribution in [0.2, 0.25) is 0 Å². The van der Waals surface area contributed by atoms with Gasteiger partial charge in [-0.2, -0.15) is 0 Å². The van der Waals surface area contributed by atoms with Crippen LogP contribution in [0.5, 0.6) is 0 Å². The summed E-state index contributed by atoms with van der Waals surface area (Å²) >= 11 is 0. The SMILES string of the molecule is COC(C)(C)CC(C)NC(=O)N1CCC(N2CCCC2)C1. The average Bonchev–Trinajstić information content (AvgIpc) is 3.08. The molecule has 0 bridgehead atoms. The van der Waals surface area contributed by atoms with E-state index < -0.39 is 0 Å². The second kappa shape index (κ2) is 6.97. The minimum Gasteiger partial charge on any atom is -0.379 e. The fraction of sp³-hybridized carbons (Fsp3) is 0.938. The van der Waals surface area contributed by atoms with Gasteiger partial charge in [-0.1, -0.05) is 0 Å². The maximum Gasteiger partial charge on any atom is 0.317 e. The molecule has 2 aliphatic rings. The first-order valence-electron chi connectivity index (χ1n) is 8.26. The van der Waals surface area contributed by atoms with E-state index in [1.807, 2.05) is 11.8 Å². The third-order valence-corrected chi connectivity index (χ3v) is 4.83. The van der Waals surface area contributed by atoms with E-state index in [-0.39, 0.29) is 17.7 Å². The van der Waals surface area contributed by atoms with Crippen LogP contribution in [-0.4, -0.2) is 66.8 Å². The molecule has 0 spiro atoms. The molecule has 0 aromatic heterocycles. The van der Waals surface area contributed by atoms with E-state index >= 15 is 0 Å². The standard InChI is InChI=1S/C16H31N3O2/c1-13(11-16(2,3)21-4)17-15(20)19-10-7-14(12-19)18-8-5-6-9-18/h13-14H,5-12H2,1-4H3,(H,17,20). The van der Waals surface area contributed by atoms with Gasteiger partial charge in [0.15, 0.2) is 0 Å². The zero-order valence-electron chi connectivity index (χ0n) is 14.0. The lowest BCUT2D eigenvalue weighted by atomic mass is 10.00. The molecule has 1 N–H and O–H groups in total. The molecule has 5 nitrogen and oxygen atoms in total. The van der Waals surface area contributed by atoms with E-state index in [2.05, 4.69) is 24.1 Å². The molecule has 2 heterocycles. The van der Waals surface area contributed by atoms with Crippen molar-refractivity contribution in [3.05, 3.63) is 0 Å². The second-order valence-corrected chi connectivity index (χ2v) is 7.15. The number of amides is 2. The Hall–Kier alpha value is -0.810. The molecule has 0 radical (unpaired) electrons. The van der Waals surface area contributed by atoms with Gasteiger partial charge in [0.05, 0.1) is 5.60 Å². The first-order valence-corrected chi connectivity index (χ1v) is 8.26. The molecule has 2 aliphatic heterocycles. The summed E-state index contributed by atoms with van der Waals surface area (Å²) in [6, 6.07) is 0.776. The van der Waals surface area contributed by atoms with Gasteiger partial charge in [-0.05, 0) is 59.5 Å². The van der Waals surface area contributed by atoms with Gasteiger partial charge >= 0.3 is 6.03 Å². The van der Waals surface area contributed by atoms with Gasteiger partial charge in [-0.3, -0.25) is 4.90 Å². The van der Waals surface area contributed by atoms with E-state index in [0.717, 1.165) is 25.9 Å². The summed E-state index contributed by atoms with van der Waals surface area (Å²) in [5, 5.41) is 3.11. The molecule has 2 unspecified atom stereocenters. The number of carbonyl (C=O) groups excluding carboxylic acids is 1. The van der Waals surface area contributed by atoms with Crippen molar-refractivity contribution < 1.29 is 9.53 Å². The van der Waals surface area contributed by atoms with Crippen molar-refractivity contribution in [2.75, 3.05) is 33.3 Å². The monoisotopic (exact) mass is 297 g/mol. The largest absolute Gasteiger partial charge is 0.379 e. The number of nitrogens with one attached hydrogen (secondary N) is 1. The molecule has 122 valence electrons. The van der Waals surface area contributed by atoms with Crippen LogP contribution in [0.4, 0.5) is 4.79 Å². The zero-order chi connectivity index (χ0) is 15.5. The predicted molar refractivity (Wildman–Crippen MR) is 84.5 cm³/mol. The Kier molecular flexibility index (Phi) is 5.49. The lowest BCUT2D eigenvalue weighted by Crippen LogP contribution is -2.46. The van der Waals surface area contributed by atoms with Crippen LogP contribution in [0.25, 0.3) is 0 Å². The Morgan fingerprint density at radius 3 is 2.62 bits per heavy atom. The molecule has 2 saturated heterocycles. The highest BCUT2D eigenvalue weighted by atomic mass is 16.5. The highest BCUT2D eigenvalue weighted by Crippen LogP contribution is 2.21. The van der Waals surface area contributed by atoms with E-state index in [9.17, 15) is 4.79 Å². The summed E-state index contributed by atoms with van der Waals surface area (Å²) < 4.78 is 5.43. The first-order chi connectivity index (χ1) is 9.91. The molecule has 2 amide bonds. The minimum atomic E-state index is -0.199. The fourth-order valence-corrected chi connectivity index (χ4v) is 3.50. The van der Waals surface area contributed by atoms with Gasteiger partial charge in [-0.15, -0.1) is 0 Å². The third kappa shape index (κ3) is 4.58. The molecule has 2 fully saturated rings. The van der Waals surface area contributed by atoms with Gasteiger partial charge in [0, 0.05) is 32.3 Å². The fourth-order valence-electron chi connectivity index (χ4n) is 3.50. The van der Waals surface area contributed by atoms with Crippen molar-refractivity contribution in [2.24, 2.45) is 0 Å². The third-order valence-electron chi connectivity index (χ3n) is 4.83. The van der Waals surface area contributed by atoms with Crippen molar-refractivity contribution in [1.29, 1.82) is 0 Å². The van der Waals surface area contributed by atoms with Crippen LogP contribution >= 0.6 is 0 Å². The molecule has 0 aromatic carbocycles. The van der Waals surface area contributed by atoms with Gasteiger partial charge in [0.25, 0.3) is 0 Å². The highest BCUT2D eigenvalue weighted by molar-refractivity contribution is 5.74. The van der Waals surface area contributed by atoms with Crippen LogP contribution in [0.15, 0.2) is 0 Å². The van der Waals surface area contributed by atoms with Crippen LogP contribution in [-0.2, 0) is 4.74 Å². The number of nitrogens with zero attached hydrogens (tertiary/aromatic N) is 2. The first kappa shape index (κ1) is 16.6. The molecule has 0 aromatic rings. The normalized spacial score (nSPS) is 25.3. The molecule has 2 atom stereocenters. The number of ether oxygens (including phenoxy) is 1. The van der Waals surface area contributed by atoms with Gasteiger partial charge in [-0.25, -0.2) is 4.79 Å². The Morgan fingerprint density at radius 1 is 1.33 bits per heavy atom. The molecule has 21 heavy (non-hydrogen) atoms. The summed E-state index contributed by atoms with van der Waals surface area (Å²) in [7, 11) is 1.72. The number of methoxy groups -OCH3 is 1. The minimum absolute atomic E-state index is 0.0797. The molecule has 5 heteroatoms. The molecule has 2 rings (SSSR count). The lowest BCUT2D eigenvalue weighted by molar-refractivity contribution is 0.00919. The summed E-state index contributed by atoms with van der Waals surface area (Å²) in [5.74, 6) is 0. The van der Waals surface area contributed by atoms with Crippen LogP contribution in [0, 0.1) is 0 Å². The Balaban J connectivity index is 1.76. The van der Waals surface area contributed by atoms with E-state index in [4.69, 9.17) is 4.74 Å². The van der Waals surface area contributed by atoms with E-state index in [1.54, 1.807) is 7.11 Å². The van der Waals surface area contributed by atoms with Crippen molar-refractivity contribution in [1.82, 2.24) is 15.1 Å². The van der Waals surface area contributed by atoms with E-state index in [0.29, 0.717) is 6.04 Å². The molecule has 0 saturated carbocycles. The Morgan fingerprint density at radius 2 is 2.00 bits per heavy atom. The van der Waals surface area contributed by atoms with Crippen LogP contribution in [0.3, 0.4) is 0 Å². The van der Waals surface area contributed by atoms with Crippen LogP contribution in [0.1, 0.15) is 46.5 Å². The smallest absolute Gasteiger partial charge is 0.317 e. The maximum absolute atomic E-state index is 12.3. The number of hydrogen-bond acceptors (Lipinski definition) is 3. The summed E-state index contributed by atoms with van der Waals surface area (Å²) in [5.41, 5.74) is -0.199. The molecule has 0 aliphatic carbocycles. The zero-order valence-corrected chi connectivity index (χ0v) is 14.0. The summed E-state index contributed by atoms with van der Waals surface area (Å²) in [6.45, 7) is 10.3. The van der Waals surface area contributed by atoms with Gasteiger partial charge < -0.3 is 15.0 Å². The maximum atomic E-state index is 12.3. The number of urea groups is 1. The van der Waals surface area contributed by atoms with E-state index in [1.165, 1.54) is 25.9 Å². The van der Waals surface area contributed by atoms with Gasteiger partial charge in [0.1, 0.15) is 0 Å². The topological polar surface area (TPSA) is 44.8 Å². The summed E-state index contributed by atoms with van der Waals surface area (Å²) in [6.07, 6.45) is 4.56. The lowest BCUT2D eigenvalue weighted by Gasteiger charge is -2.29. The van der Waals surface area contributed by atoms with Crippen LogP contribution < -0.4 is 5.32 Å². The molecular formula is C16H31N3O2. The second-order valence-electron chi connectivity index (χ2n) is 7.15. The Labute approximate surface area is 129 Å². The van der Waals surface area contributed by atoms with Crippen molar-refractivity contribution in [2.45, 2.75) is 64.1 Å². The quantitative estimate of drug-likeness (QED) is 0.845. The number of likely N-dealkylation sites (tertiary alicyclic amines) is 2. The Bertz CT molecular complexity index is 353. The van der Waals surface area contributed by atoms with Crippen molar-refractivity contribution in [3.8, 4) is 0 Å². The summed E-state index contributed by atoms with van der Waals surface area (Å²) in [4.78, 5) is 16.9. The molecular weight excluding hydrogens is 266 g/mol. The van der Waals surface area contributed by atoms with Crippen molar-refractivity contribution >= 4 is 6.03 Å². The van der Waals surface area contributed by atoms with Crippen molar-refractivity contribution in [3.63, 3.8) is 0 Å². The number of rotatable bonds is 5.